The lowest BCUT2D eigenvalue weighted by Crippen LogP contribution is -2.32. The van der Waals surface area contributed by atoms with Gasteiger partial charge < -0.3 is 5.32 Å². The molecule has 0 aliphatic heterocycles. The van der Waals surface area contributed by atoms with Crippen LogP contribution in [0.4, 0.5) is 13.2 Å². The highest BCUT2D eigenvalue weighted by Gasteiger charge is 2.32. The SMILES string of the molecule is CNC(CC1CCCC1)CC(F)(F)F. The Morgan fingerprint density at radius 1 is 1.29 bits per heavy atom. The van der Waals surface area contributed by atoms with Crippen molar-refractivity contribution in [3.8, 4) is 0 Å². The van der Waals surface area contributed by atoms with Crippen LogP contribution >= 0.6 is 0 Å². The second-order valence-corrected chi connectivity index (χ2v) is 4.19. The van der Waals surface area contributed by atoms with Gasteiger partial charge in [0.2, 0.25) is 0 Å². The monoisotopic (exact) mass is 209 g/mol. The molecule has 0 spiro atoms. The van der Waals surface area contributed by atoms with Gasteiger partial charge in [0.15, 0.2) is 0 Å². The second-order valence-electron chi connectivity index (χ2n) is 4.19. The molecule has 1 aliphatic rings. The summed E-state index contributed by atoms with van der Waals surface area (Å²) in [5.41, 5.74) is 0. The van der Waals surface area contributed by atoms with Gasteiger partial charge in [0, 0.05) is 6.04 Å². The number of hydrogen-bond donors (Lipinski definition) is 1. The molecule has 84 valence electrons. The molecule has 1 fully saturated rings. The Hall–Kier alpha value is -0.250. The van der Waals surface area contributed by atoms with Crippen molar-refractivity contribution in [1.82, 2.24) is 5.32 Å². The van der Waals surface area contributed by atoms with Crippen LogP contribution in [0.3, 0.4) is 0 Å². The fraction of sp³-hybridized carbons (Fsp3) is 1.00. The Labute approximate surface area is 83.1 Å². The van der Waals surface area contributed by atoms with Gasteiger partial charge in [0.1, 0.15) is 0 Å². The molecule has 0 bridgehead atoms. The normalized spacial score (nSPS) is 21.4. The van der Waals surface area contributed by atoms with E-state index in [1.807, 2.05) is 0 Å². The van der Waals surface area contributed by atoms with Gasteiger partial charge in [-0.15, -0.1) is 0 Å². The maximum atomic E-state index is 12.1. The number of halogens is 3. The summed E-state index contributed by atoms with van der Waals surface area (Å²) in [5.74, 6) is 0.509. The lowest BCUT2D eigenvalue weighted by molar-refractivity contribution is -0.140. The minimum absolute atomic E-state index is 0.391. The van der Waals surface area contributed by atoms with Crippen LogP contribution in [0.15, 0.2) is 0 Å². The summed E-state index contributed by atoms with van der Waals surface area (Å²) < 4.78 is 36.4. The number of nitrogens with one attached hydrogen (secondary N) is 1. The molecule has 1 unspecified atom stereocenters. The molecule has 1 saturated carbocycles. The third kappa shape index (κ3) is 4.31. The van der Waals surface area contributed by atoms with E-state index in [-0.39, 0.29) is 0 Å². The Balaban J connectivity index is 2.30. The first kappa shape index (κ1) is 11.8. The van der Waals surface area contributed by atoms with Crippen molar-refractivity contribution in [3.63, 3.8) is 0 Å². The lowest BCUT2D eigenvalue weighted by Gasteiger charge is -2.21. The summed E-state index contributed by atoms with van der Waals surface area (Å²) in [5, 5.41) is 2.77. The zero-order valence-corrected chi connectivity index (χ0v) is 8.53. The minimum atomic E-state index is -4.04. The third-order valence-corrected chi connectivity index (χ3v) is 2.98. The molecule has 0 aromatic rings. The van der Waals surface area contributed by atoms with Gasteiger partial charge in [-0.1, -0.05) is 25.7 Å². The quantitative estimate of drug-likeness (QED) is 0.750. The summed E-state index contributed by atoms with van der Waals surface area (Å²) in [6.07, 6.45) is 0.536. The van der Waals surface area contributed by atoms with E-state index in [4.69, 9.17) is 0 Å². The van der Waals surface area contributed by atoms with Crippen molar-refractivity contribution in [1.29, 1.82) is 0 Å². The van der Waals surface area contributed by atoms with E-state index in [2.05, 4.69) is 5.32 Å². The van der Waals surface area contributed by atoms with Crippen LogP contribution in [0.5, 0.6) is 0 Å². The standard InChI is InChI=1S/C10H18F3N/c1-14-9(7-10(11,12)13)6-8-4-2-3-5-8/h8-9,14H,2-7H2,1H3. The number of rotatable bonds is 4. The molecule has 0 heterocycles. The van der Waals surface area contributed by atoms with Gasteiger partial charge >= 0.3 is 6.18 Å². The van der Waals surface area contributed by atoms with Gasteiger partial charge in [-0.2, -0.15) is 13.2 Å². The van der Waals surface area contributed by atoms with E-state index in [1.54, 1.807) is 7.05 Å². The largest absolute Gasteiger partial charge is 0.390 e. The molecule has 14 heavy (non-hydrogen) atoms. The van der Waals surface area contributed by atoms with Crippen molar-refractivity contribution in [2.45, 2.75) is 50.7 Å². The summed E-state index contributed by atoms with van der Waals surface area (Å²) in [6, 6.07) is -0.391. The van der Waals surface area contributed by atoms with Crippen molar-refractivity contribution in [2.75, 3.05) is 7.05 Å². The van der Waals surface area contributed by atoms with E-state index >= 15 is 0 Å². The molecule has 1 N–H and O–H groups in total. The molecule has 1 rings (SSSR count). The van der Waals surface area contributed by atoms with Crippen LogP contribution in [0.1, 0.15) is 38.5 Å². The average Bonchev–Trinajstić information content (AvgIpc) is 2.53. The van der Waals surface area contributed by atoms with Crippen LogP contribution in [-0.4, -0.2) is 19.3 Å². The predicted octanol–water partition coefficient (Wildman–Crippen LogP) is 3.11. The van der Waals surface area contributed by atoms with E-state index < -0.39 is 18.6 Å². The number of alkyl halides is 3. The average molecular weight is 209 g/mol. The van der Waals surface area contributed by atoms with Crippen LogP contribution in [0.2, 0.25) is 0 Å². The summed E-state index contributed by atoms with van der Waals surface area (Å²) in [6.45, 7) is 0. The van der Waals surface area contributed by atoms with Crippen molar-refractivity contribution < 1.29 is 13.2 Å². The Morgan fingerprint density at radius 3 is 2.29 bits per heavy atom. The molecule has 1 atom stereocenters. The Kier molecular flexibility index (Phi) is 4.23. The first-order valence-corrected chi connectivity index (χ1v) is 5.25. The van der Waals surface area contributed by atoms with Crippen LogP contribution in [0, 0.1) is 5.92 Å². The molecular formula is C10H18F3N. The highest BCUT2D eigenvalue weighted by Crippen LogP contribution is 2.31. The molecule has 1 aliphatic carbocycles. The van der Waals surface area contributed by atoms with Crippen LogP contribution < -0.4 is 5.32 Å². The van der Waals surface area contributed by atoms with E-state index in [0.29, 0.717) is 12.3 Å². The molecular weight excluding hydrogens is 191 g/mol. The van der Waals surface area contributed by atoms with Gasteiger partial charge in [-0.05, 0) is 19.4 Å². The summed E-state index contributed by atoms with van der Waals surface area (Å²) in [4.78, 5) is 0. The fourth-order valence-electron chi connectivity index (χ4n) is 2.23. The highest BCUT2D eigenvalue weighted by atomic mass is 19.4. The predicted molar refractivity (Wildman–Crippen MR) is 50.1 cm³/mol. The summed E-state index contributed by atoms with van der Waals surface area (Å²) >= 11 is 0. The summed E-state index contributed by atoms with van der Waals surface area (Å²) in [7, 11) is 1.62. The molecule has 1 nitrogen and oxygen atoms in total. The molecule has 0 radical (unpaired) electrons. The van der Waals surface area contributed by atoms with Gasteiger partial charge in [-0.3, -0.25) is 0 Å². The molecule has 0 aromatic heterocycles. The zero-order valence-electron chi connectivity index (χ0n) is 8.53. The highest BCUT2D eigenvalue weighted by molar-refractivity contribution is 4.76. The fourth-order valence-corrected chi connectivity index (χ4v) is 2.23. The van der Waals surface area contributed by atoms with Crippen LogP contribution in [-0.2, 0) is 0 Å². The van der Waals surface area contributed by atoms with E-state index in [1.165, 1.54) is 12.8 Å². The van der Waals surface area contributed by atoms with Crippen molar-refractivity contribution in [3.05, 3.63) is 0 Å². The third-order valence-electron chi connectivity index (χ3n) is 2.98. The minimum Gasteiger partial charge on any atom is -0.317 e. The van der Waals surface area contributed by atoms with Crippen molar-refractivity contribution in [2.24, 2.45) is 5.92 Å². The molecule has 0 aromatic carbocycles. The molecule has 0 amide bonds. The second kappa shape index (κ2) is 5.01. The maximum absolute atomic E-state index is 12.1. The Morgan fingerprint density at radius 2 is 1.86 bits per heavy atom. The zero-order chi connectivity index (χ0) is 10.6. The maximum Gasteiger partial charge on any atom is 0.390 e. The van der Waals surface area contributed by atoms with Gasteiger partial charge in [0.05, 0.1) is 6.42 Å². The van der Waals surface area contributed by atoms with E-state index in [0.717, 1.165) is 12.8 Å². The first-order chi connectivity index (χ1) is 6.51. The molecule has 4 heteroatoms. The lowest BCUT2D eigenvalue weighted by atomic mass is 9.96. The van der Waals surface area contributed by atoms with Gasteiger partial charge in [-0.25, -0.2) is 0 Å². The Bertz CT molecular complexity index is 161. The van der Waals surface area contributed by atoms with Gasteiger partial charge in [0.25, 0.3) is 0 Å². The topological polar surface area (TPSA) is 12.0 Å². The first-order valence-electron chi connectivity index (χ1n) is 5.25. The molecule has 0 saturated heterocycles. The van der Waals surface area contributed by atoms with Crippen LogP contribution in [0.25, 0.3) is 0 Å². The smallest absolute Gasteiger partial charge is 0.317 e. The van der Waals surface area contributed by atoms with E-state index in [9.17, 15) is 13.2 Å². The van der Waals surface area contributed by atoms with Crippen molar-refractivity contribution >= 4 is 0 Å². The number of hydrogen-bond acceptors (Lipinski definition) is 1.